The van der Waals surface area contributed by atoms with E-state index in [1.165, 1.54) is 36.3 Å². The molecule has 0 bridgehead atoms. The number of aromatic hydroxyl groups is 2. The number of imide groups is 2. The summed E-state index contributed by atoms with van der Waals surface area (Å²) in [6, 6.07) is 22.1. The van der Waals surface area contributed by atoms with Gasteiger partial charge in [-0.15, -0.1) is 0 Å². The van der Waals surface area contributed by atoms with Crippen molar-refractivity contribution < 1.29 is 38.5 Å². The van der Waals surface area contributed by atoms with Gasteiger partial charge in [-0.1, -0.05) is 47.5 Å². The maximum Gasteiger partial charge on any atom is 0.260 e. The van der Waals surface area contributed by atoms with E-state index in [-0.39, 0.29) is 48.4 Å². The molecule has 276 valence electrons. The number of amides is 4. The number of hydrogen-bond acceptors (Lipinski definition) is 8. The van der Waals surface area contributed by atoms with E-state index in [1.807, 2.05) is 28.7 Å². The Bertz CT molecular complexity index is 2230. The number of nitrogens with zero attached hydrogens (tertiary/aromatic N) is 2. The first kappa shape index (κ1) is 36.0. The molecule has 8 rings (SSSR count). The van der Waals surface area contributed by atoms with Crippen molar-refractivity contribution in [3.63, 3.8) is 0 Å². The number of rotatable bonds is 8. The number of ether oxygens (including phenoxy) is 1. The molecule has 2 aliphatic carbocycles. The van der Waals surface area contributed by atoms with Crippen molar-refractivity contribution in [2.45, 2.75) is 30.6 Å². The molecule has 3 N–H and O–H groups in total. The lowest BCUT2D eigenvalue weighted by Gasteiger charge is -2.50. The van der Waals surface area contributed by atoms with Gasteiger partial charge in [-0.2, -0.15) is 5.01 Å². The van der Waals surface area contributed by atoms with Crippen LogP contribution in [0.25, 0.3) is 0 Å². The van der Waals surface area contributed by atoms with Crippen LogP contribution in [0, 0.1) is 33.1 Å². The second kappa shape index (κ2) is 13.7. The second-order valence-corrected chi connectivity index (χ2v) is 15.8. The van der Waals surface area contributed by atoms with Crippen LogP contribution in [0.15, 0.2) is 96.6 Å². The monoisotopic (exact) mass is 861 g/mol. The van der Waals surface area contributed by atoms with Crippen LogP contribution in [-0.4, -0.2) is 57.4 Å². The van der Waals surface area contributed by atoms with Crippen LogP contribution < -0.4 is 10.2 Å². The van der Waals surface area contributed by atoms with Crippen LogP contribution in [0.3, 0.4) is 0 Å². The lowest BCUT2D eigenvalue weighted by atomic mass is 9.49. The summed E-state index contributed by atoms with van der Waals surface area (Å²) in [7, 11) is 1.43. The van der Waals surface area contributed by atoms with E-state index in [0.717, 1.165) is 16.1 Å². The molecule has 0 radical (unpaired) electrons. The molecule has 4 aromatic carbocycles. The minimum Gasteiger partial charge on any atom is -0.508 e. The van der Waals surface area contributed by atoms with Gasteiger partial charge in [0.25, 0.3) is 11.8 Å². The zero-order chi connectivity index (χ0) is 38.1. The zero-order valence-electron chi connectivity index (χ0n) is 28.8. The summed E-state index contributed by atoms with van der Waals surface area (Å²) >= 11 is 8.37. The summed E-state index contributed by atoms with van der Waals surface area (Å²) in [6.45, 7) is 0.152. The minimum atomic E-state index is -1.57. The topological polar surface area (TPSA) is 136 Å². The Morgan fingerprint density at radius 1 is 0.926 bits per heavy atom. The van der Waals surface area contributed by atoms with Gasteiger partial charge in [0.05, 0.1) is 39.5 Å². The van der Waals surface area contributed by atoms with Gasteiger partial charge in [-0.05, 0) is 125 Å². The molecular weight excluding hydrogens is 828 g/mol. The Labute approximate surface area is 328 Å². The first-order valence-electron chi connectivity index (χ1n) is 17.5. The predicted octanol–water partition coefficient (Wildman–Crippen LogP) is 6.73. The second-order valence-electron chi connectivity index (χ2n) is 14.2. The molecule has 10 nitrogen and oxygen atoms in total. The van der Waals surface area contributed by atoms with E-state index in [0.29, 0.717) is 31.8 Å². The van der Waals surface area contributed by atoms with Gasteiger partial charge in [0.1, 0.15) is 11.6 Å². The molecular formula is C41H34ClFIN3O7. The SMILES string of the molecule is COc1cc(C2C3=CCC4C(=O)N(CCc5ccc(O)cc5)C(=O)C4C3CC3C(=O)N(Nc4ccc(F)cc4)C(=O)C32c2ccc(Cl)cc2)cc(I)c1O. The fourth-order valence-corrected chi connectivity index (χ4v) is 9.89. The van der Waals surface area contributed by atoms with Gasteiger partial charge in [0.15, 0.2) is 11.5 Å². The van der Waals surface area contributed by atoms with Crippen LogP contribution in [-0.2, 0) is 31.0 Å². The molecule has 6 unspecified atom stereocenters. The number of carbonyl (C=O) groups is 4. The number of halogens is 3. The summed E-state index contributed by atoms with van der Waals surface area (Å²) in [4.78, 5) is 59.9. The fourth-order valence-electron chi connectivity index (χ4n) is 9.14. The van der Waals surface area contributed by atoms with Crippen LogP contribution in [0.4, 0.5) is 10.1 Å². The smallest absolute Gasteiger partial charge is 0.260 e. The largest absolute Gasteiger partial charge is 0.508 e. The molecule has 2 aliphatic heterocycles. The molecule has 3 fully saturated rings. The predicted molar refractivity (Wildman–Crippen MR) is 205 cm³/mol. The van der Waals surface area contributed by atoms with E-state index in [1.54, 1.807) is 60.7 Å². The third-order valence-electron chi connectivity index (χ3n) is 11.5. The van der Waals surface area contributed by atoms with Gasteiger partial charge >= 0.3 is 0 Å². The van der Waals surface area contributed by atoms with Gasteiger partial charge in [0.2, 0.25) is 11.8 Å². The van der Waals surface area contributed by atoms with Crippen molar-refractivity contribution in [1.82, 2.24) is 9.91 Å². The Hall–Kier alpha value is -4.95. The lowest BCUT2D eigenvalue weighted by Crippen LogP contribution is -2.53. The molecule has 4 aliphatic rings. The molecule has 13 heteroatoms. The van der Waals surface area contributed by atoms with Gasteiger partial charge in [0, 0.05) is 17.5 Å². The molecule has 4 aromatic rings. The van der Waals surface area contributed by atoms with Crippen LogP contribution in [0.2, 0.25) is 5.02 Å². The Kier molecular flexibility index (Phi) is 9.16. The number of fused-ring (bicyclic) bond motifs is 4. The van der Waals surface area contributed by atoms with E-state index in [2.05, 4.69) is 5.43 Å². The fraction of sp³-hybridized carbons (Fsp3) is 0.268. The summed E-state index contributed by atoms with van der Waals surface area (Å²) in [5.74, 6) is -5.86. The molecule has 6 atom stereocenters. The van der Waals surface area contributed by atoms with Crippen LogP contribution >= 0.6 is 34.2 Å². The lowest BCUT2D eigenvalue weighted by molar-refractivity contribution is -0.141. The number of benzene rings is 4. The summed E-state index contributed by atoms with van der Waals surface area (Å²) in [5.41, 5.74) is 4.39. The van der Waals surface area contributed by atoms with Crippen molar-refractivity contribution in [2.75, 3.05) is 19.1 Å². The zero-order valence-corrected chi connectivity index (χ0v) is 31.8. The number of allylic oxidation sites excluding steroid dienone is 2. The summed E-state index contributed by atoms with van der Waals surface area (Å²) < 4.78 is 19.9. The van der Waals surface area contributed by atoms with E-state index < -0.39 is 52.6 Å². The summed E-state index contributed by atoms with van der Waals surface area (Å²) in [5, 5.41) is 22.0. The van der Waals surface area contributed by atoms with E-state index in [9.17, 15) is 29.0 Å². The van der Waals surface area contributed by atoms with Crippen molar-refractivity contribution in [2.24, 2.45) is 23.7 Å². The van der Waals surface area contributed by atoms with Gasteiger partial charge in [-0.3, -0.25) is 29.5 Å². The van der Waals surface area contributed by atoms with Gasteiger partial charge < -0.3 is 14.9 Å². The molecule has 54 heavy (non-hydrogen) atoms. The molecule has 1 saturated carbocycles. The number of anilines is 1. The highest BCUT2D eigenvalue weighted by atomic mass is 127. The third kappa shape index (κ3) is 5.64. The highest BCUT2D eigenvalue weighted by Gasteiger charge is 2.70. The normalized spacial score (nSPS) is 26.0. The quantitative estimate of drug-likeness (QED) is 0.101. The van der Waals surface area contributed by atoms with Gasteiger partial charge in [-0.25, -0.2) is 4.39 Å². The Morgan fingerprint density at radius 3 is 2.31 bits per heavy atom. The maximum absolute atomic E-state index is 15.3. The molecule has 4 amide bonds. The number of hydrogen-bond donors (Lipinski definition) is 3. The highest BCUT2D eigenvalue weighted by molar-refractivity contribution is 14.1. The number of phenols is 2. The average Bonchev–Trinajstić information content (AvgIpc) is 3.53. The average molecular weight is 862 g/mol. The standard InChI is InChI=1S/C41H34ClFIN3O7/c1-54-33-19-22(18-32(44)36(33)49)35-28-14-15-29-34(39(52)46(37(29)50)17-16-21-2-12-27(48)13-3-21)30(28)20-31-38(51)47(45-26-10-8-25(43)9-11-26)40(53)41(31,35)23-4-6-24(42)7-5-23/h2-14,18-19,29-31,34-35,45,48-49H,15-17,20H2,1H3. The molecule has 0 spiro atoms. The number of methoxy groups -OCH3 is 1. The highest BCUT2D eigenvalue weighted by Crippen LogP contribution is 2.64. The number of nitrogens with one attached hydrogen (secondary N) is 1. The maximum atomic E-state index is 15.3. The van der Waals surface area contributed by atoms with E-state index in [4.69, 9.17) is 16.3 Å². The minimum absolute atomic E-state index is 0.0849. The van der Waals surface area contributed by atoms with Crippen molar-refractivity contribution >= 4 is 63.5 Å². The van der Waals surface area contributed by atoms with Crippen molar-refractivity contribution in [3.05, 3.63) is 128 Å². The van der Waals surface area contributed by atoms with E-state index >= 15 is 4.79 Å². The van der Waals surface area contributed by atoms with Crippen LogP contribution in [0.1, 0.15) is 35.4 Å². The molecule has 2 saturated heterocycles. The third-order valence-corrected chi connectivity index (χ3v) is 12.6. The number of carbonyl (C=O) groups excluding carboxylic acids is 4. The molecule has 0 aromatic heterocycles. The number of phenolic OH excluding ortho intramolecular Hbond substituents is 2. The number of hydrazine groups is 1. The van der Waals surface area contributed by atoms with Crippen molar-refractivity contribution in [1.29, 1.82) is 0 Å². The summed E-state index contributed by atoms with van der Waals surface area (Å²) in [6.07, 6.45) is 2.70. The Balaban J connectivity index is 1.28. The van der Waals surface area contributed by atoms with Crippen LogP contribution in [0.5, 0.6) is 17.2 Å². The first-order valence-corrected chi connectivity index (χ1v) is 19.0. The number of likely N-dealkylation sites (tertiary alicyclic amines) is 1. The van der Waals surface area contributed by atoms with Crippen molar-refractivity contribution in [3.8, 4) is 17.2 Å². The first-order chi connectivity index (χ1) is 25.9. The molecule has 2 heterocycles. The Morgan fingerprint density at radius 2 is 1.63 bits per heavy atom.